The van der Waals surface area contributed by atoms with E-state index in [1.54, 1.807) is 32.4 Å². The lowest BCUT2D eigenvalue weighted by molar-refractivity contribution is -0.116. The van der Waals surface area contributed by atoms with Crippen LogP contribution in [0.1, 0.15) is 37.0 Å². The second-order valence-corrected chi connectivity index (χ2v) is 8.86. The number of carbonyl (C=O) groups excluding carboxylic acids is 2. The first kappa shape index (κ1) is 25.2. The maximum Gasteiger partial charge on any atom is 0.242 e. The SMILES string of the molecule is CCCCC(=O)Nc1cccc(SC(C(=O)Nc2cc(OC)cc(OC)c2)c2ccccc2)c1. The lowest BCUT2D eigenvalue weighted by Crippen LogP contribution is -2.19. The Hall–Kier alpha value is -3.45. The van der Waals surface area contributed by atoms with Gasteiger partial charge in [0.1, 0.15) is 16.7 Å². The van der Waals surface area contributed by atoms with Gasteiger partial charge >= 0.3 is 0 Å². The van der Waals surface area contributed by atoms with E-state index in [1.165, 1.54) is 11.8 Å². The summed E-state index contributed by atoms with van der Waals surface area (Å²) in [5.41, 5.74) is 2.17. The Morgan fingerprint density at radius 2 is 1.56 bits per heavy atom. The minimum Gasteiger partial charge on any atom is -0.497 e. The molecule has 34 heavy (non-hydrogen) atoms. The molecule has 7 heteroatoms. The molecule has 0 aliphatic rings. The Morgan fingerprint density at radius 3 is 2.21 bits per heavy atom. The predicted molar refractivity (Wildman–Crippen MR) is 138 cm³/mol. The molecule has 0 saturated carbocycles. The van der Waals surface area contributed by atoms with Crippen LogP contribution >= 0.6 is 11.8 Å². The number of ether oxygens (including phenoxy) is 2. The number of anilines is 2. The van der Waals surface area contributed by atoms with Crippen LogP contribution in [0.25, 0.3) is 0 Å². The highest BCUT2D eigenvalue weighted by Gasteiger charge is 2.23. The Balaban J connectivity index is 1.82. The molecule has 0 bridgehead atoms. The molecule has 1 unspecified atom stereocenters. The fraction of sp³-hybridized carbons (Fsp3) is 0.259. The van der Waals surface area contributed by atoms with Crippen LogP contribution in [0.3, 0.4) is 0 Å². The molecule has 3 aromatic carbocycles. The minimum atomic E-state index is -0.510. The number of amides is 2. The highest BCUT2D eigenvalue weighted by molar-refractivity contribution is 8.00. The van der Waals surface area contributed by atoms with Gasteiger partial charge in [-0.2, -0.15) is 0 Å². The first-order chi connectivity index (χ1) is 16.5. The number of unbranched alkanes of at least 4 members (excludes halogenated alkanes) is 1. The Bertz CT molecular complexity index is 1080. The largest absolute Gasteiger partial charge is 0.497 e. The van der Waals surface area contributed by atoms with Crippen LogP contribution in [0, 0.1) is 0 Å². The molecule has 0 fully saturated rings. The molecular weight excluding hydrogens is 448 g/mol. The zero-order chi connectivity index (χ0) is 24.3. The van der Waals surface area contributed by atoms with Gasteiger partial charge in [-0.15, -0.1) is 11.8 Å². The molecule has 3 rings (SSSR count). The number of benzene rings is 3. The molecule has 0 aromatic heterocycles. The van der Waals surface area contributed by atoms with E-state index in [0.29, 0.717) is 23.6 Å². The van der Waals surface area contributed by atoms with Crippen molar-refractivity contribution in [1.82, 2.24) is 0 Å². The number of nitrogens with one attached hydrogen (secondary N) is 2. The second kappa shape index (κ2) is 12.7. The summed E-state index contributed by atoms with van der Waals surface area (Å²) in [4.78, 5) is 26.4. The molecule has 178 valence electrons. The molecule has 6 nitrogen and oxygen atoms in total. The van der Waals surface area contributed by atoms with E-state index in [1.807, 2.05) is 54.6 Å². The number of thioether (sulfide) groups is 1. The van der Waals surface area contributed by atoms with Crippen LogP contribution < -0.4 is 20.1 Å². The maximum absolute atomic E-state index is 13.4. The van der Waals surface area contributed by atoms with Crippen molar-refractivity contribution >= 4 is 35.0 Å². The monoisotopic (exact) mass is 478 g/mol. The van der Waals surface area contributed by atoms with Crippen LogP contribution in [-0.4, -0.2) is 26.0 Å². The van der Waals surface area contributed by atoms with E-state index in [4.69, 9.17) is 9.47 Å². The zero-order valence-corrected chi connectivity index (χ0v) is 20.5. The van der Waals surface area contributed by atoms with Crippen LogP contribution in [0.15, 0.2) is 77.7 Å². The van der Waals surface area contributed by atoms with E-state index in [-0.39, 0.29) is 11.8 Å². The third-order valence-electron chi connectivity index (χ3n) is 5.09. The van der Waals surface area contributed by atoms with Gasteiger partial charge in [0.2, 0.25) is 11.8 Å². The molecule has 0 aliphatic carbocycles. The summed E-state index contributed by atoms with van der Waals surface area (Å²) in [7, 11) is 3.13. The molecule has 1 atom stereocenters. The highest BCUT2D eigenvalue weighted by atomic mass is 32.2. The number of hydrogen-bond donors (Lipinski definition) is 2. The van der Waals surface area contributed by atoms with Crippen LogP contribution in [0.4, 0.5) is 11.4 Å². The number of hydrogen-bond acceptors (Lipinski definition) is 5. The molecular formula is C27H30N2O4S. The van der Waals surface area contributed by atoms with Gasteiger partial charge < -0.3 is 20.1 Å². The average molecular weight is 479 g/mol. The number of carbonyl (C=O) groups is 2. The summed E-state index contributed by atoms with van der Waals surface area (Å²) in [5, 5.41) is 5.42. The van der Waals surface area contributed by atoms with Crippen molar-refractivity contribution in [2.75, 3.05) is 24.9 Å². The fourth-order valence-electron chi connectivity index (χ4n) is 3.33. The Morgan fingerprint density at radius 1 is 0.853 bits per heavy atom. The summed E-state index contributed by atoms with van der Waals surface area (Å²) >= 11 is 1.42. The molecule has 3 aromatic rings. The third kappa shape index (κ3) is 7.28. The molecule has 0 heterocycles. The molecule has 0 saturated heterocycles. The van der Waals surface area contributed by atoms with Crippen molar-refractivity contribution in [2.45, 2.75) is 36.3 Å². The van der Waals surface area contributed by atoms with Gasteiger partial charge in [-0.05, 0) is 30.2 Å². The number of rotatable bonds is 11. The van der Waals surface area contributed by atoms with E-state index in [2.05, 4.69) is 17.6 Å². The quantitative estimate of drug-likeness (QED) is 0.316. The zero-order valence-electron chi connectivity index (χ0n) is 19.7. The van der Waals surface area contributed by atoms with Gasteiger partial charge in [0, 0.05) is 40.9 Å². The van der Waals surface area contributed by atoms with E-state index in [0.717, 1.165) is 29.0 Å². The van der Waals surface area contributed by atoms with E-state index >= 15 is 0 Å². The fourth-order valence-corrected chi connectivity index (χ4v) is 4.42. The van der Waals surface area contributed by atoms with Crippen molar-refractivity contribution in [2.24, 2.45) is 0 Å². The molecule has 0 radical (unpaired) electrons. The van der Waals surface area contributed by atoms with Crippen molar-refractivity contribution in [3.05, 3.63) is 78.4 Å². The summed E-state index contributed by atoms with van der Waals surface area (Å²) in [6.45, 7) is 2.06. The molecule has 2 amide bonds. The summed E-state index contributed by atoms with van der Waals surface area (Å²) in [5.74, 6) is 0.993. The van der Waals surface area contributed by atoms with E-state index in [9.17, 15) is 9.59 Å². The Kier molecular flexibility index (Phi) is 9.40. The maximum atomic E-state index is 13.4. The topological polar surface area (TPSA) is 76.7 Å². The van der Waals surface area contributed by atoms with Gasteiger partial charge in [0.15, 0.2) is 0 Å². The van der Waals surface area contributed by atoms with Gasteiger partial charge in [0.05, 0.1) is 14.2 Å². The molecule has 2 N–H and O–H groups in total. The average Bonchev–Trinajstić information content (AvgIpc) is 2.86. The third-order valence-corrected chi connectivity index (χ3v) is 6.34. The molecule has 0 spiro atoms. The smallest absolute Gasteiger partial charge is 0.242 e. The number of methoxy groups -OCH3 is 2. The van der Waals surface area contributed by atoms with E-state index < -0.39 is 5.25 Å². The van der Waals surface area contributed by atoms with Gasteiger partial charge in [-0.25, -0.2) is 0 Å². The normalized spacial score (nSPS) is 11.4. The van der Waals surface area contributed by atoms with Gasteiger partial charge in [0.25, 0.3) is 0 Å². The van der Waals surface area contributed by atoms with Gasteiger partial charge in [-0.1, -0.05) is 49.7 Å². The summed E-state index contributed by atoms with van der Waals surface area (Å²) in [6, 6.07) is 22.4. The lowest BCUT2D eigenvalue weighted by atomic mass is 10.1. The standard InChI is InChI=1S/C27H30N2O4S/c1-4-5-14-25(30)28-20-12-9-13-24(17-20)34-26(19-10-7-6-8-11-19)27(31)29-21-15-22(32-2)18-23(16-21)33-3/h6-13,15-18,26H,4-5,14H2,1-3H3,(H,28,30)(H,29,31). The second-order valence-electron chi connectivity index (χ2n) is 7.68. The van der Waals surface area contributed by atoms with Gasteiger partial charge in [-0.3, -0.25) is 9.59 Å². The highest BCUT2D eigenvalue weighted by Crippen LogP contribution is 2.37. The van der Waals surface area contributed by atoms with Crippen molar-refractivity contribution in [1.29, 1.82) is 0 Å². The minimum absolute atomic E-state index is 0.00618. The predicted octanol–water partition coefficient (Wildman–Crippen LogP) is 6.30. The van der Waals surface area contributed by atoms with Crippen molar-refractivity contribution in [3.63, 3.8) is 0 Å². The van der Waals surface area contributed by atoms with Crippen LogP contribution in [0.5, 0.6) is 11.5 Å². The molecule has 0 aliphatic heterocycles. The van der Waals surface area contributed by atoms with Crippen LogP contribution in [0.2, 0.25) is 0 Å². The first-order valence-corrected chi connectivity index (χ1v) is 12.1. The van der Waals surface area contributed by atoms with Crippen LogP contribution in [-0.2, 0) is 9.59 Å². The van der Waals surface area contributed by atoms with Crippen molar-refractivity contribution < 1.29 is 19.1 Å². The lowest BCUT2D eigenvalue weighted by Gasteiger charge is -2.18. The Labute approximate surface area is 205 Å². The van der Waals surface area contributed by atoms with Crippen molar-refractivity contribution in [3.8, 4) is 11.5 Å². The summed E-state index contributed by atoms with van der Waals surface area (Å²) in [6.07, 6.45) is 2.31. The first-order valence-electron chi connectivity index (χ1n) is 11.2. The summed E-state index contributed by atoms with van der Waals surface area (Å²) < 4.78 is 10.6.